The average Bonchev–Trinajstić information content (AvgIpc) is 2.95. The van der Waals surface area contributed by atoms with E-state index >= 15 is 0 Å². The Morgan fingerprint density at radius 1 is 1.23 bits per heavy atom. The molecule has 2 atom stereocenters. The van der Waals surface area contributed by atoms with E-state index in [1.807, 2.05) is 0 Å². The van der Waals surface area contributed by atoms with Crippen molar-refractivity contribution in [2.75, 3.05) is 11.1 Å². The third-order valence-electron chi connectivity index (χ3n) is 4.75. The van der Waals surface area contributed by atoms with E-state index in [1.54, 1.807) is 18.2 Å². The molecule has 0 bridgehead atoms. The van der Waals surface area contributed by atoms with Crippen LogP contribution in [0, 0.1) is 0 Å². The molecule has 0 saturated carbocycles. The van der Waals surface area contributed by atoms with Gasteiger partial charge in [0.1, 0.15) is 11.8 Å². The monoisotopic (exact) mass is 440 g/mol. The van der Waals surface area contributed by atoms with E-state index in [0.717, 1.165) is 30.2 Å². The van der Waals surface area contributed by atoms with Crippen molar-refractivity contribution in [2.24, 2.45) is 0 Å². The predicted octanol–water partition coefficient (Wildman–Crippen LogP) is 2.12. The van der Waals surface area contributed by atoms with Crippen molar-refractivity contribution in [3.63, 3.8) is 0 Å². The Morgan fingerprint density at radius 3 is 2.77 bits per heavy atom. The van der Waals surface area contributed by atoms with Gasteiger partial charge in [-0.1, -0.05) is 22.0 Å². The minimum absolute atomic E-state index is 0.225. The summed E-state index contributed by atoms with van der Waals surface area (Å²) in [5.41, 5.74) is 1.27. The number of fused-ring (bicyclic) bond motifs is 1. The van der Waals surface area contributed by atoms with Gasteiger partial charge in [-0.25, -0.2) is 0 Å². The first-order valence-corrected chi connectivity index (χ1v) is 11.2. The zero-order chi connectivity index (χ0) is 18.7. The number of nitrogens with zero attached hydrogens (tertiary/aromatic N) is 1. The first-order chi connectivity index (χ1) is 12.5. The molecule has 0 radical (unpaired) electrons. The summed E-state index contributed by atoms with van der Waals surface area (Å²) < 4.78 is 12.7. The molecule has 0 spiro atoms. The summed E-state index contributed by atoms with van der Waals surface area (Å²) in [6, 6.07) is 4.62. The van der Waals surface area contributed by atoms with Crippen LogP contribution in [0.4, 0.5) is 0 Å². The molecule has 26 heavy (non-hydrogen) atoms. The van der Waals surface area contributed by atoms with E-state index in [9.17, 15) is 18.9 Å². The molecule has 3 amide bonds. The summed E-state index contributed by atoms with van der Waals surface area (Å²) in [5.74, 6) is -0.399. The highest BCUT2D eigenvalue weighted by Gasteiger charge is 2.41. The lowest BCUT2D eigenvalue weighted by atomic mass is 10.0. The van der Waals surface area contributed by atoms with Gasteiger partial charge in [-0.05, 0) is 49.0 Å². The molecular formula is C18H21BrN2O4S. The number of benzene rings is 1. The molecule has 6 nitrogen and oxygen atoms in total. The minimum atomic E-state index is -1.17. The fraction of sp³-hybridized carbons (Fsp3) is 0.500. The van der Waals surface area contributed by atoms with Crippen LogP contribution in [-0.4, -0.2) is 44.3 Å². The molecule has 1 N–H and O–H groups in total. The van der Waals surface area contributed by atoms with Crippen LogP contribution in [0.5, 0.6) is 0 Å². The Kier molecular flexibility index (Phi) is 6.37. The fourth-order valence-corrected chi connectivity index (χ4v) is 5.15. The number of rotatable bonds is 7. The zero-order valence-corrected chi connectivity index (χ0v) is 16.7. The number of piperidine rings is 1. The molecule has 1 saturated heterocycles. The van der Waals surface area contributed by atoms with Gasteiger partial charge < -0.3 is 9.45 Å². The normalized spacial score (nSPS) is 20.9. The molecule has 140 valence electrons. The van der Waals surface area contributed by atoms with E-state index in [4.69, 9.17) is 0 Å². The van der Waals surface area contributed by atoms with E-state index in [2.05, 4.69) is 21.2 Å². The number of hydrogen-bond acceptors (Lipinski definition) is 4. The molecule has 2 unspecified atom stereocenters. The molecule has 2 heterocycles. The smallest absolute Gasteiger partial charge is 0.255 e. The van der Waals surface area contributed by atoms with Crippen LogP contribution < -0.4 is 5.32 Å². The van der Waals surface area contributed by atoms with E-state index < -0.39 is 23.1 Å². The highest BCUT2D eigenvalue weighted by molar-refractivity contribution is 9.09. The summed E-state index contributed by atoms with van der Waals surface area (Å²) in [7, 11) is 0. The van der Waals surface area contributed by atoms with Gasteiger partial charge in [-0.3, -0.25) is 19.7 Å². The molecule has 1 aromatic carbocycles. The molecule has 1 fully saturated rings. The van der Waals surface area contributed by atoms with Crippen LogP contribution in [0.2, 0.25) is 0 Å². The molecule has 3 rings (SSSR count). The second-order valence-corrected chi connectivity index (χ2v) is 8.81. The van der Waals surface area contributed by atoms with Gasteiger partial charge in [-0.2, -0.15) is 0 Å². The number of amides is 3. The number of carbonyl (C=O) groups is 3. The largest absolute Gasteiger partial charge is 0.611 e. The molecule has 0 aromatic heterocycles. The number of imide groups is 1. The summed E-state index contributed by atoms with van der Waals surface area (Å²) >= 11 is 2.22. The van der Waals surface area contributed by atoms with E-state index in [0.29, 0.717) is 22.6 Å². The van der Waals surface area contributed by atoms with Crippen molar-refractivity contribution in [2.45, 2.75) is 49.6 Å². The minimum Gasteiger partial charge on any atom is -0.611 e. The number of nitrogens with one attached hydrogen (secondary N) is 1. The second-order valence-electron chi connectivity index (χ2n) is 6.48. The maximum Gasteiger partial charge on any atom is 0.255 e. The van der Waals surface area contributed by atoms with Crippen LogP contribution in [0.3, 0.4) is 0 Å². The van der Waals surface area contributed by atoms with Gasteiger partial charge in [0.2, 0.25) is 11.8 Å². The van der Waals surface area contributed by atoms with Crippen molar-refractivity contribution in [1.29, 1.82) is 0 Å². The predicted molar refractivity (Wildman–Crippen MR) is 101 cm³/mol. The lowest BCUT2D eigenvalue weighted by Crippen LogP contribution is -2.52. The molecule has 2 aliphatic rings. The van der Waals surface area contributed by atoms with Crippen LogP contribution in [0.1, 0.15) is 48.0 Å². The van der Waals surface area contributed by atoms with Gasteiger partial charge in [0.25, 0.3) is 5.91 Å². The molecule has 8 heteroatoms. The number of halogens is 1. The van der Waals surface area contributed by atoms with E-state index in [-0.39, 0.29) is 24.8 Å². The van der Waals surface area contributed by atoms with Crippen molar-refractivity contribution >= 4 is 44.8 Å². The summed E-state index contributed by atoms with van der Waals surface area (Å²) in [4.78, 5) is 38.4. The van der Waals surface area contributed by atoms with Gasteiger partial charge >= 0.3 is 0 Å². The van der Waals surface area contributed by atoms with Crippen molar-refractivity contribution in [1.82, 2.24) is 10.2 Å². The summed E-state index contributed by atoms with van der Waals surface area (Å²) in [6.45, 7) is 0.268. The van der Waals surface area contributed by atoms with Gasteiger partial charge in [0.05, 0.1) is 6.54 Å². The summed E-state index contributed by atoms with van der Waals surface area (Å²) in [5, 5.41) is 3.24. The number of alkyl halides is 1. The second kappa shape index (κ2) is 8.54. The molecular weight excluding hydrogens is 420 g/mol. The lowest BCUT2D eigenvalue weighted by molar-refractivity contribution is -0.136. The Labute approximate surface area is 164 Å². The van der Waals surface area contributed by atoms with Crippen molar-refractivity contribution in [3.05, 3.63) is 29.3 Å². The Bertz CT molecular complexity index is 727. The molecule has 2 aliphatic heterocycles. The third-order valence-corrected chi connectivity index (χ3v) is 6.84. The Balaban J connectivity index is 1.75. The first kappa shape index (κ1) is 19.4. The first-order valence-electron chi connectivity index (χ1n) is 8.74. The van der Waals surface area contributed by atoms with Crippen LogP contribution in [0.15, 0.2) is 23.1 Å². The van der Waals surface area contributed by atoms with Crippen LogP contribution in [0.25, 0.3) is 0 Å². The maximum absolute atomic E-state index is 12.8. The van der Waals surface area contributed by atoms with Crippen LogP contribution >= 0.6 is 15.9 Å². The summed E-state index contributed by atoms with van der Waals surface area (Å²) in [6.07, 6.45) is 3.48. The van der Waals surface area contributed by atoms with Crippen molar-refractivity contribution < 1.29 is 18.9 Å². The number of carbonyl (C=O) groups excluding carboxylic acids is 3. The van der Waals surface area contributed by atoms with Gasteiger partial charge in [0.15, 0.2) is 4.90 Å². The van der Waals surface area contributed by atoms with E-state index in [1.165, 1.54) is 4.90 Å². The highest BCUT2D eigenvalue weighted by Crippen LogP contribution is 2.32. The Morgan fingerprint density at radius 2 is 2.04 bits per heavy atom. The fourth-order valence-electron chi connectivity index (χ4n) is 3.38. The number of hydrogen-bond donors (Lipinski definition) is 1. The zero-order valence-electron chi connectivity index (χ0n) is 14.3. The van der Waals surface area contributed by atoms with Gasteiger partial charge in [0, 0.05) is 22.9 Å². The average molecular weight is 441 g/mol. The maximum atomic E-state index is 12.8. The van der Waals surface area contributed by atoms with Crippen molar-refractivity contribution in [3.8, 4) is 0 Å². The number of unbranched alkanes of at least 4 members (excludes halogenated alkanes) is 2. The SMILES string of the molecule is O=C1CCC(N2Cc3c(cccc3[S+]([O-])CCCCCBr)C2=O)C(=O)N1. The molecule has 0 aliphatic carbocycles. The standard InChI is InChI=1S/C18H21BrN2O4S/c19-9-2-1-3-10-26(25)15-6-4-5-12-13(15)11-21(18(12)24)14-7-8-16(22)20-17(14)23/h4-6,14H,1-3,7-11H2,(H,20,22,23). The highest BCUT2D eigenvalue weighted by atomic mass is 79.9. The lowest BCUT2D eigenvalue weighted by Gasteiger charge is -2.29. The third kappa shape index (κ3) is 3.97. The van der Waals surface area contributed by atoms with Crippen LogP contribution in [-0.2, 0) is 27.3 Å². The topological polar surface area (TPSA) is 89.5 Å². The van der Waals surface area contributed by atoms with Gasteiger partial charge in [-0.15, -0.1) is 0 Å². The quantitative estimate of drug-likeness (QED) is 0.304. The Hall–Kier alpha value is -1.38. The molecule has 1 aromatic rings.